The summed E-state index contributed by atoms with van der Waals surface area (Å²) in [6, 6.07) is 2.32. The summed E-state index contributed by atoms with van der Waals surface area (Å²) in [6.45, 7) is 0.566. The van der Waals surface area contributed by atoms with Crippen LogP contribution in [0.3, 0.4) is 0 Å². The number of ether oxygens (including phenoxy) is 1. The Morgan fingerprint density at radius 1 is 1.20 bits per heavy atom. The molecule has 1 aromatic carbocycles. The number of benzene rings is 1. The molecule has 1 heterocycles. The normalized spacial score (nSPS) is 24.4. The smallest absolute Gasteiger partial charge is 0.149 e. The van der Waals surface area contributed by atoms with Gasteiger partial charge >= 0.3 is 0 Å². The summed E-state index contributed by atoms with van der Waals surface area (Å²) >= 11 is 3.07. The topological polar surface area (TPSA) is 21.3 Å². The number of anilines is 1. The van der Waals surface area contributed by atoms with Gasteiger partial charge in [-0.2, -0.15) is 0 Å². The van der Waals surface area contributed by atoms with Crippen molar-refractivity contribution in [1.82, 2.24) is 0 Å². The summed E-state index contributed by atoms with van der Waals surface area (Å²) < 4.78 is 33.2. The first-order valence-electron chi connectivity index (χ1n) is 7.14. The van der Waals surface area contributed by atoms with Crippen LogP contribution in [0.4, 0.5) is 14.5 Å². The molecule has 0 bridgehead atoms. The lowest BCUT2D eigenvalue weighted by molar-refractivity contribution is -0.0307. The predicted molar refractivity (Wildman–Crippen MR) is 77.9 cm³/mol. The Labute approximate surface area is 126 Å². The monoisotopic (exact) mass is 345 g/mol. The fourth-order valence-corrected chi connectivity index (χ4v) is 3.65. The highest BCUT2D eigenvalue weighted by atomic mass is 79.9. The van der Waals surface area contributed by atoms with Gasteiger partial charge in [-0.1, -0.05) is 12.8 Å². The number of nitrogens with one attached hydrogen (secondary N) is 1. The van der Waals surface area contributed by atoms with Gasteiger partial charge in [-0.3, -0.25) is 0 Å². The molecule has 20 heavy (non-hydrogen) atoms. The Morgan fingerprint density at radius 2 is 1.95 bits per heavy atom. The highest BCUT2D eigenvalue weighted by molar-refractivity contribution is 9.10. The van der Waals surface area contributed by atoms with E-state index in [1.54, 1.807) is 0 Å². The minimum atomic E-state index is -0.588. The van der Waals surface area contributed by atoms with Gasteiger partial charge in [-0.15, -0.1) is 0 Å². The predicted octanol–water partition coefficient (Wildman–Crippen LogP) is 4.63. The lowest BCUT2D eigenvalue weighted by atomic mass is 9.98. The Bertz CT molecular complexity index is 503. The van der Waals surface area contributed by atoms with Crippen LogP contribution in [0.15, 0.2) is 16.6 Å². The van der Waals surface area contributed by atoms with Gasteiger partial charge in [0.25, 0.3) is 0 Å². The lowest BCUT2D eigenvalue weighted by Crippen LogP contribution is -2.28. The fraction of sp³-hybridized carbons (Fsp3) is 0.600. The van der Waals surface area contributed by atoms with E-state index in [4.69, 9.17) is 4.74 Å². The second-order valence-electron chi connectivity index (χ2n) is 5.80. The average Bonchev–Trinajstić information content (AvgIpc) is 3.03. The van der Waals surface area contributed by atoms with Crippen molar-refractivity contribution in [3.8, 4) is 0 Å². The molecule has 2 fully saturated rings. The van der Waals surface area contributed by atoms with Crippen LogP contribution in [-0.2, 0) is 4.74 Å². The van der Waals surface area contributed by atoms with Crippen LogP contribution in [0.25, 0.3) is 0 Å². The van der Waals surface area contributed by atoms with Gasteiger partial charge in [0.05, 0.1) is 21.9 Å². The maximum atomic E-state index is 13.6. The molecule has 2 aliphatic rings. The molecule has 5 heteroatoms. The third-order valence-corrected chi connectivity index (χ3v) is 4.99. The van der Waals surface area contributed by atoms with Crippen molar-refractivity contribution in [2.75, 3.05) is 11.9 Å². The molecule has 0 radical (unpaired) electrons. The van der Waals surface area contributed by atoms with Crippen molar-refractivity contribution >= 4 is 21.6 Å². The maximum absolute atomic E-state index is 13.6. The summed E-state index contributed by atoms with van der Waals surface area (Å²) in [6.07, 6.45) is 7.04. The molecule has 1 aliphatic heterocycles. The largest absolute Gasteiger partial charge is 0.380 e. The molecule has 1 atom stereocenters. The standard InChI is InChI=1S/C15H18BrF2NO/c16-11-7-14(13(18)8-12(11)17)19-9-10-3-6-15(20-10)4-1-2-5-15/h7-8,10,19H,1-6,9H2. The molecule has 1 aromatic rings. The summed E-state index contributed by atoms with van der Waals surface area (Å²) in [5.41, 5.74) is 0.406. The number of hydrogen-bond acceptors (Lipinski definition) is 2. The molecule has 0 amide bonds. The molecule has 1 spiro atoms. The molecule has 1 N–H and O–H groups in total. The highest BCUT2D eigenvalue weighted by Crippen LogP contribution is 2.43. The van der Waals surface area contributed by atoms with Crippen molar-refractivity contribution < 1.29 is 13.5 Å². The van der Waals surface area contributed by atoms with Gasteiger partial charge in [0.15, 0.2) is 0 Å². The van der Waals surface area contributed by atoms with E-state index in [0.717, 1.165) is 31.7 Å². The van der Waals surface area contributed by atoms with E-state index >= 15 is 0 Å². The van der Waals surface area contributed by atoms with Gasteiger partial charge in [0, 0.05) is 12.6 Å². The average molecular weight is 346 g/mol. The van der Waals surface area contributed by atoms with E-state index in [-0.39, 0.29) is 16.2 Å². The minimum Gasteiger partial charge on any atom is -0.380 e. The molecule has 110 valence electrons. The number of rotatable bonds is 3. The van der Waals surface area contributed by atoms with Crippen molar-refractivity contribution in [2.24, 2.45) is 0 Å². The number of hydrogen-bond donors (Lipinski definition) is 1. The van der Waals surface area contributed by atoms with Crippen molar-refractivity contribution in [2.45, 2.75) is 50.2 Å². The second-order valence-corrected chi connectivity index (χ2v) is 6.65. The molecule has 1 saturated carbocycles. The van der Waals surface area contributed by atoms with E-state index in [2.05, 4.69) is 21.2 Å². The SMILES string of the molecule is Fc1cc(F)c(NCC2CCC3(CCCC3)O2)cc1Br. The fourth-order valence-electron chi connectivity index (χ4n) is 3.31. The lowest BCUT2D eigenvalue weighted by Gasteiger charge is -2.24. The Morgan fingerprint density at radius 3 is 2.70 bits per heavy atom. The molecule has 1 unspecified atom stereocenters. The van der Waals surface area contributed by atoms with Crippen molar-refractivity contribution in [3.63, 3.8) is 0 Å². The van der Waals surface area contributed by atoms with Crippen molar-refractivity contribution in [3.05, 3.63) is 28.2 Å². The van der Waals surface area contributed by atoms with E-state index in [1.165, 1.54) is 18.9 Å². The Hall–Kier alpha value is -0.680. The Balaban J connectivity index is 1.59. The van der Waals surface area contributed by atoms with Crippen LogP contribution in [0, 0.1) is 11.6 Å². The Kier molecular flexibility index (Phi) is 4.00. The van der Waals surface area contributed by atoms with Gasteiger partial charge in [0.2, 0.25) is 0 Å². The summed E-state index contributed by atoms with van der Waals surface area (Å²) in [5, 5.41) is 3.03. The first kappa shape index (κ1) is 14.3. The molecule has 1 saturated heterocycles. The molecule has 3 rings (SSSR count). The van der Waals surface area contributed by atoms with Crippen LogP contribution < -0.4 is 5.32 Å². The van der Waals surface area contributed by atoms with Crippen LogP contribution >= 0.6 is 15.9 Å². The zero-order valence-electron chi connectivity index (χ0n) is 11.2. The molecular weight excluding hydrogens is 328 g/mol. The van der Waals surface area contributed by atoms with Gasteiger partial charge in [-0.25, -0.2) is 8.78 Å². The third-order valence-electron chi connectivity index (χ3n) is 4.38. The van der Waals surface area contributed by atoms with Gasteiger partial charge < -0.3 is 10.1 Å². The first-order valence-corrected chi connectivity index (χ1v) is 7.94. The quantitative estimate of drug-likeness (QED) is 0.806. The molecule has 0 aromatic heterocycles. The van der Waals surface area contributed by atoms with Crippen LogP contribution in [0.2, 0.25) is 0 Å². The van der Waals surface area contributed by atoms with Crippen LogP contribution in [-0.4, -0.2) is 18.2 Å². The van der Waals surface area contributed by atoms with Gasteiger partial charge in [0.1, 0.15) is 11.6 Å². The number of halogens is 3. The van der Waals surface area contributed by atoms with Gasteiger partial charge in [-0.05, 0) is 47.7 Å². The summed E-state index contributed by atoms with van der Waals surface area (Å²) in [5.74, 6) is -1.16. The maximum Gasteiger partial charge on any atom is 0.149 e. The zero-order chi connectivity index (χ0) is 14.2. The second kappa shape index (κ2) is 5.60. The third kappa shape index (κ3) is 2.84. The highest BCUT2D eigenvalue weighted by Gasteiger charge is 2.41. The van der Waals surface area contributed by atoms with E-state index < -0.39 is 11.6 Å². The van der Waals surface area contributed by atoms with E-state index in [9.17, 15) is 8.78 Å². The minimum absolute atomic E-state index is 0.0915. The van der Waals surface area contributed by atoms with Crippen LogP contribution in [0.5, 0.6) is 0 Å². The van der Waals surface area contributed by atoms with E-state index in [1.807, 2.05) is 0 Å². The molecule has 2 nitrogen and oxygen atoms in total. The van der Waals surface area contributed by atoms with Crippen LogP contribution in [0.1, 0.15) is 38.5 Å². The zero-order valence-corrected chi connectivity index (χ0v) is 12.8. The van der Waals surface area contributed by atoms with E-state index in [0.29, 0.717) is 12.2 Å². The molecule has 1 aliphatic carbocycles. The summed E-state index contributed by atoms with van der Waals surface area (Å²) in [4.78, 5) is 0. The molecular formula is C15H18BrF2NO. The first-order chi connectivity index (χ1) is 9.58. The van der Waals surface area contributed by atoms with Crippen molar-refractivity contribution in [1.29, 1.82) is 0 Å². The summed E-state index contributed by atoms with van der Waals surface area (Å²) in [7, 11) is 0.